The molecule has 2 heterocycles. The second kappa shape index (κ2) is 4.62. The smallest absolute Gasteiger partial charge is 0.119 e. The van der Waals surface area contributed by atoms with Gasteiger partial charge in [-0.15, -0.1) is 12.4 Å². The normalized spacial score (nSPS) is 26.6. The van der Waals surface area contributed by atoms with Gasteiger partial charge in [-0.25, -0.2) is 0 Å². The zero-order chi connectivity index (χ0) is 10.3. The van der Waals surface area contributed by atoms with E-state index in [1.807, 2.05) is 6.07 Å². The quantitative estimate of drug-likeness (QED) is 0.812. The first kappa shape index (κ1) is 11.7. The van der Waals surface area contributed by atoms with Crippen LogP contribution in [0.3, 0.4) is 0 Å². The van der Waals surface area contributed by atoms with Gasteiger partial charge in [0.1, 0.15) is 5.75 Å². The monoisotopic (exact) mass is 241 g/mol. The summed E-state index contributed by atoms with van der Waals surface area (Å²) in [7, 11) is 1.71. The van der Waals surface area contributed by atoms with Crippen LogP contribution in [0.2, 0.25) is 0 Å². The predicted octanol–water partition coefficient (Wildman–Crippen LogP) is 1.70. The van der Waals surface area contributed by atoms with Crippen molar-refractivity contribution in [3.05, 3.63) is 29.3 Å². The first-order valence-electron chi connectivity index (χ1n) is 5.37. The number of halogens is 1. The van der Waals surface area contributed by atoms with Crippen molar-refractivity contribution < 1.29 is 9.47 Å². The Hall–Kier alpha value is -0.770. The van der Waals surface area contributed by atoms with Crippen LogP contribution < -0.4 is 10.1 Å². The summed E-state index contributed by atoms with van der Waals surface area (Å²) in [6.07, 6.45) is 0.351. The van der Waals surface area contributed by atoms with Gasteiger partial charge in [-0.05, 0) is 23.3 Å². The highest BCUT2D eigenvalue weighted by molar-refractivity contribution is 5.85. The van der Waals surface area contributed by atoms with E-state index >= 15 is 0 Å². The third kappa shape index (κ3) is 1.79. The van der Waals surface area contributed by atoms with Crippen molar-refractivity contribution in [1.82, 2.24) is 5.32 Å². The standard InChI is InChI=1S/C12H15NO2.ClH/c1-14-9-3-2-8-7-15-12-6-13-5-11(12)10(8)4-9;/h2-4,11-13H,5-7H2,1H3;1H/t11-,12-;/m1./s1. The number of hydrogen-bond acceptors (Lipinski definition) is 3. The third-order valence-electron chi connectivity index (χ3n) is 3.36. The Balaban J connectivity index is 0.000000963. The maximum atomic E-state index is 5.80. The van der Waals surface area contributed by atoms with E-state index in [2.05, 4.69) is 17.4 Å². The lowest BCUT2D eigenvalue weighted by molar-refractivity contribution is 0.0298. The number of hydrogen-bond donors (Lipinski definition) is 1. The molecule has 0 aliphatic carbocycles. The van der Waals surface area contributed by atoms with Crippen LogP contribution in [0.1, 0.15) is 17.0 Å². The highest BCUT2D eigenvalue weighted by Gasteiger charge is 2.34. The van der Waals surface area contributed by atoms with Gasteiger partial charge in [-0.1, -0.05) is 6.07 Å². The van der Waals surface area contributed by atoms with Crippen molar-refractivity contribution >= 4 is 12.4 Å². The molecular formula is C12H16ClNO2. The van der Waals surface area contributed by atoms with Crippen molar-refractivity contribution in [2.45, 2.75) is 18.6 Å². The molecule has 0 aromatic heterocycles. The highest BCUT2D eigenvalue weighted by atomic mass is 35.5. The summed E-state index contributed by atoms with van der Waals surface area (Å²) < 4.78 is 11.1. The number of ether oxygens (including phenoxy) is 2. The van der Waals surface area contributed by atoms with E-state index in [0.29, 0.717) is 12.0 Å². The summed E-state index contributed by atoms with van der Waals surface area (Å²) in [6.45, 7) is 2.73. The number of nitrogens with one attached hydrogen (secondary N) is 1. The second-order valence-corrected chi connectivity index (χ2v) is 4.18. The molecule has 1 aromatic carbocycles. The Bertz CT molecular complexity index is 383. The molecule has 0 unspecified atom stereocenters. The molecule has 0 bridgehead atoms. The van der Waals surface area contributed by atoms with Gasteiger partial charge in [-0.3, -0.25) is 0 Å². The van der Waals surface area contributed by atoms with Crippen molar-refractivity contribution in [3.8, 4) is 5.75 Å². The SMILES string of the molecule is COc1ccc2c(c1)[C@H]1CNC[C@H]1OC2.Cl. The summed E-state index contributed by atoms with van der Waals surface area (Å²) in [5.41, 5.74) is 2.70. The van der Waals surface area contributed by atoms with Gasteiger partial charge in [0.2, 0.25) is 0 Å². The van der Waals surface area contributed by atoms with Crippen molar-refractivity contribution in [2.75, 3.05) is 20.2 Å². The predicted molar refractivity (Wildman–Crippen MR) is 64.4 cm³/mol. The summed E-state index contributed by atoms with van der Waals surface area (Å²) in [4.78, 5) is 0. The molecule has 88 valence electrons. The van der Waals surface area contributed by atoms with Crippen LogP contribution in [0.15, 0.2) is 18.2 Å². The summed E-state index contributed by atoms with van der Waals surface area (Å²) in [5, 5.41) is 3.38. The zero-order valence-electron chi connectivity index (χ0n) is 9.23. The van der Waals surface area contributed by atoms with Gasteiger partial charge in [0.05, 0.1) is 19.8 Å². The van der Waals surface area contributed by atoms with Crippen LogP contribution >= 0.6 is 12.4 Å². The molecule has 0 saturated carbocycles. The first-order valence-corrected chi connectivity index (χ1v) is 5.37. The maximum Gasteiger partial charge on any atom is 0.119 e. The minimum atomic E-state index is 0. The van der Waals surface area contributed by atoms with Gasteiger partial charge < -0.3 is 14.8 Å². The Labute approximate surface area is 102 Å². The molecular weight excluding hydrogens is 226 g/mol. The van der Waals surface area contributed by atoms with Gasteiger partial charge in [0.15, 0.2) is 0 Å². The highest BCUT2D eigenvalue weighted by Crippen LogP contribution is 2.35. The van der Waals surface area contributed by atoms with Crippen LogP contribution in [0.4, 0.5) is 0 Å². The van der Waals surface area contributed by atoms with E-state index < -0.39 is 0 Å². The first-order chi connectivity index (χ1) is 7.38. The van der Waals surface area contributed by atoms with Gasteiger partial charge >= 0.3 is 0 Å². The average molecular weight is 242 g/mol. The summed E-state index contributed by atoms with van der Waals surface area (Å²) in [6, 6.07) is 6.27. The molecule has 3 rings (SSSR count). The van der Waals surface area contributed by atoms with E-state index in [1.54, 1.807) is 7.11 Å². The molecule has 0 spiro atoms. The number of methoxy groups -OCH3 is 1. The van der Waals surface area contributed by atoms with Crippen molar-refractivity contribution in [2.24, 2.45) is 0 Å². The van der Waals surface area contributed by atoms with E-state index in [9.17, 15) is 0 Å². The molecule has 1 fully saturated rings. The summed E-state index contributed by atoms with van der Waals surface area (Å²) >= 11 is 0. The molecule has 2 atom stereocenters. The van der Waals surface area contributed by atoms with Crippen LogP contribution in [0, 0.1) is 0 Å². The fourth-order valence-electron chi connectivity index (χ4n) is 2.51. The van der Waals surface area contributed by atoms with E-state index in [-0.39, 0.29) is 12.4 Å². The fraction of sp³-hybridized carbons (Fsp3) is 0.500. The summed E-state index contributed by atoms with van der Waals surface area (Å²) in [5.74, 6) is 1.45. The topological polar surface area (TPSA) is 30.5 Å². The Morgan fingerprint density at radius 2 is 2.25 bits per heavy atom. The second-order valence-electron chi connectivity index (χ2n) is 4.18. The number of rotatable bonds is 1. The van der Waals surface area contributed by atoms with Gasteiger partial charge in [0.25, 0.3) is 0 Å². The molecule has 0 radical (unpaired) electrons. The minimum absolute atomic E-state index is 0. The Kier molecular flexibility index (Phi) is 3.38. The Morgan fingerprint density at radius 1 is 1.38 bits per heavy atom. The Morgan fingerprint density at radius 3 is 3.06 bits per heavy atom. The molecule has 4 heteroatoms. The van der Waals surface area contributed by atoms with Crippen LogP contribution in [-0.2, 0) is 11.3 Å². The van der Waals surface area contributed by atoms with Crippen LogP contribution in [-0.4, -0.2) is 26.3 Å². The molecule has 16 heavy (non-hydrogen) atoms. The van der Waals surface area contributed by atoms with E-state index in [1.165, 1.54) is 11.1 Å². The zero-order valence-corrected chi connectivity index (χ0v) is 10.0. The maximum absolute atomic E-state index is 5.80. The van der Waals surface area contributed by atoms with Gasteiger partial charge in [0, 0.05) is 19.0 Å². The lowest BCUT2D eigenvalue weighted by Gasteiger charge is -2.28. The van der Waals surface area contributed by atoms with Crippen LogP contribution in [0.5, 0.6) is 5.75 Å². The molecule has 1 N–H and O–H groups in total. The van der Waals surface area contributed by atoms with E-state index in [0.717, 1.165) is 25.4 Å². The van der Waals surface area contributed by atoms with Crippen LogP contribution in [0.25, 0.3) is 0 Å². The molecule has 2 aliphatic heterocycles. The largest absolute Gasteiger partial charge is 0.497 e. The molecule has 0 amide bonds. The lowest BCUT2D eigenvalue weighted by atomic mass is 9.89. The average Bonchev–Trinajstić information content (AvgIpc) is 2.76. The molecule has 2 aliphatic rings. The van der Waals surface area contributed by atoms with Crippen molar-refractivity contribution in [1.29, 1.82) is 0 Å². The minimum Gasteiger partial charge on any atom is -0.497 e. The lowest BCUT2D eigenvalue weighted by Crippen LogP contribution is -2.26. The van der Waals surface area contributed by atoms with E-state index in [4.69, 9.17) is 9.47 Å². The molecule has 1 saturated heterocycles. The fourth-order valence-corrected chi connectivity index (χ4v) is 2.51. The van der Waals surface area contributed by atoms with Crippen molar-refractivity contribution in [3.63, 3.8) is 0 Å². The van der Waals surface area contributed by atoms with Gasteiger partial charge in [-0.2, -0.15) is 0 Å². The molecule has 1 aromatic rings. The molecule has 3 nitrogen and oxygen atoms in total. The number of benzene rings is 1. The third-order valence-corrected chi connectivity index (χ3v) is 3.36. The number of fused-ring (bicyclic) bond motifs is 3.